The number of carboxylic acid groups (broad SMARTS) is 1. The minimum Gasteiger partial charge on any atom is -0.480 e. The average Bonchev–Trinajstić information content (AvgIpc) is 2.28. The van der Waals surface area contributed by atoms with E-state index in [-0.39, 0.29) is 12.0 Å². The normalized spacial score (nSPS) is 32.2. The number of carboxylic acids is 1. The summed E-state index contributed by atoms with van der Waals surface area (Å²) < 4.78 is 0. The Balaban J connectivity index is 2.03. The van der Waals surface area contributed by atoms with Crippen molar-refractivity contribution >= 4 is 5.97 Å². The number of rotatable bonds is 3. The van der Waals surface area contributed by atoms with Crippen LogP contribution in [0.3, 0.4) is 0 Å². The second-order valence-electron chi connectivity index (χ2n) is 6.26. The van der Waals surface area contributed by atoms with Crippen LogP contribution in [0.2, 0.25) is 0 Å². The van der Waals surface area contributed by atoms with E-state index in [1.807, 2.05) is 13.8 Å². The third-order valence-electron chi connectivity index (χ3n) is 4.66. The molecule has 4 heteroatoms. The highest BCUT2D eigenvalue weighted by Crippen LogP contribution is 2.31. The molecule has 4 nitrogen and oxygen atoms in total. The zero-order valence-corrected chi connectivity index (χ0v) is 11.8. The Labute approximate surface area is 110 Å². The van der Waals surface area contributed by atoms with Gasteiger partial charge in [-0.05, 0) is 44.7 Å². The summed E-state index contributed by atoms with van der Waals surface area (Å²) in [5.74, 6) is 0.186. The number of hydrogen-bond acceptors (Lipinski definition) is 3. The van der Waals surface area contributed by atoms with Crippen molar-refractivity contribution in [3.8, 4) is 0 Å². The number of nitrogens with zero attached hydrogens (tertiary/aromatic N) is 2. The van der Waals surface area contributed by atoms with E-state index in [0.29, 0.717) is 12.0 Å². The monoisotopic (exact) mass is 254 g/mol. The van der Waals surface area contributed by atoms with Crippen LogP contribution in [0.5, 0.6) is 0 Å². The lowest BCUT2D eigenvalue weighted by molar-refractivity contribution is -0.146. The van der Waals surface area contributed by atoms with E-state index in [0.717, 1.165) is 19.5 Å². The summed E-state index contributed by atoms with van der Waals surface area (Å²) in [5, 5.41) is 9.39. The van der Waals surface area contributed by atoms with Crippen LogP contribution in [-0.4, -0.2) is 59.6 Å². The smallest absolute Gasteiger partial charge is 0.321 e. The second-order valence-corrected chi connectivity index (χ2v) is 6.26. The SMILES string of the molecule is CC(C)C(C(=O)O)N1CCC2C(CCCN2C)C1. The van der Waals surface area contributed by atoms with Gasteiger partial charge in [0.15, 0.2) is 0 Å². The fraction of sp³-hybridized carbons (Fsp3) is 0.929. The molecule has 0 saturated carbocycles. The van der Waals surface area contributed by atoms with Crippen LogP contribution in [0.25, 0.3) is 0 Å². The highest BCUT2D eigenvalue weighted by atomic mass is 16.4. The molecule has 104 valence electrons. The molecule has 2 heterocycles. The van der Waals surface area contributed by atoms with E-state index in [2.05, 4.69) is 16.8 Å². The molecule has 3 atom stereocenters. The third kappa shape index (κ3) is 2.69. The summed E-state index contributed by atoms with van der Waals surface area (Å²) in [6.07, 6.45) is 3.64. The Kier molecular flexibility index (Phi) is 4.28. The van der Waals surface area contributed by atoms with Gasteiger partial charge in [0.2, 0.25) is 0 Å². The van der Waals surface area contributed by atoms with Gasteiger partial charge in [-0.1, -0.05) is 13.8 Å². The van der Waals surface area contributed by atoms with Gasteiger partial charge in [-0.3, -0.25) is 9.69 Å². The molecule has 18 heavy (non-hydrogen) atoms. The molecular weight excluding hydrogens is 228 g/mol. The number of aliphatic carboxylic acids is 1. The van der Waals surface area contributed by atoms with Crippen molar-refractivity contribution in [1.82, 2.24) is 9.80 Å². The first-order valence-electron chi connectivity index (χ1n) is 7.17. The fourth-order valence-corrected chi connectivity index (χ4v) is 3.80. The maximum atomic E-state index is 11.4. The molecule has 0 aliphatic carbocycles. The highest BCUT2D eigenvalue weighted by Gasteiger charge is 2.38. The Morgan fingerprint density at radius 2 is 2.00 bits per heavy atom. The molecule has 2 aliphatic heterocycles. The summed E-state index contributed by atoms with van der Waals surface area (Å²) in [6, 6.07) is 0.370. The molecule has 0 spiro atoms. The summed E-state index contributed by atoms with van der Waals surface area (Å²) in [7, 11) is 2.21. The Morgan fingerprint density at radius 1 is 1.28 bits per heavy atom. The molecule has 0 radical (unpaired) electrons. The molecular formula is C14H26N2O2. The van der Waals surface area contributed by atoms with E-state index in [4.69, 9.17) is 0 Å². The van der Waals surface area contributed by atoms with Crippen molar-refractivity contribution in [2.24, 2.45) is 11.8 Å². The predicted molar refractivity (Wildman–Crippen MR) is 71.6 cm³/mol. The van der Waals surface area contributed by atoms with E-state index in [1.165, 1.54) is 19.4 Å². The molecule has 1 N–H and O–H groups in total. The quantitative estimate of drug-likeness (QED) is 0.829. The van der Waals surface area contributed by atoms with Crippen LogP contribution in [0.15, 0.2) is 0 Å². The van der Waals surface area contributed by atoms with Crippen molar-refractivity contribution in [2.75, 3.05) is 26.7 Å². The Hall–Kier alpha value is -0.610. The number of fused-ring (bicyclic) bond motifs is 1. The van der Waals surface area contributed by atoms with Crippen molar-refractivity contribution < 1.29 is 9.90 Å². The lowest BCUT2D eigenvalue weighted by Crippen LogP contribution is -2.57. The highest BCUT2D eigenvalue weighted by molar-refractivity contribution is 5.73. The molecule has 0 aromatic carbocycles. The molecule has 2 saturated heterocycles. The average molecular weight is 254 g/mol. The molecule has 0 bridgehead atoms. The molecule has 2 aliphatic rings. The number of hydrogen-bond donors (Lipinski definition) is 1. The molecule has 0 amide bonds. The topological polar surface area (TPSA) is 43.8 Å². The zero-order valence-electron chi connectivity index (χ0n) is 11.8. The van der Waals surface area contributed by atoms with Crippen LogP contribution in [-0.2, 0) is 4.79 Å². The summed E-state index contributed by atoms with van der Waals surface area (Å²) >= 11 is 0. The minimum absolute atomic E-state index is 0.181. The van der Waals surface area contributed by atoms with Crippen molar-refractivity contribution in [3.63, 3.8) is 0 Å². The van der Waals surface area contributed by atoms with Crippen LogP contribution in [0.4, 0.5) is 0 Å². The van der Waals surface area contributed by atoms with Gasteiger partial charge in [-0.25, -0.2) is 0 Å². The van der Waals surface area contributed by atoms with Crippen molar-refractivity contribution in [2.45, 2.75) is 45.2 Å². The van der Waals surface area contributed by atoms with Crippen molar-refractivity contribution in [1.29, 1.82) is 0 Å². The van der Waals surface area contributed by atoms with E-state index < -0.39 is 5.97 Å². The first kappa shape index (κ1) is 13.8. The van der Waals surface area contributed by atoms with Gasteiger partial charge in [-0.15, -0.1) is 0 Å². The summed E-state index contributed by atoms with van der Waals surface area (Å²) in [6.45, 7) is 7.12. The summed E-state index contributed by atoms with van der Waals surface area (Å²) in [5.41, 5.74) is 0. The van der Waals surface area contributed by atoms with Gasteiger partial charge in [0.05, 0.1) is 0 Å². The Bertz CT molecular complexity index is 306. The number of piperidine rings is 2. The maximum Gasteiger partial charge on any atom is 0.321 e. The van der Waals surface area contributed by atoms with Crippen LogP contribution >= 0.6 is 0 Å². The predicted octanol–water partition coefficient (Wildman–Crippen LogP) is 1.51. The molecule has 2 rings (SSSR count). The van der Waals surface area contributed by atoms with Crippen LogP contribution in [0, 0.1) is 11.8 Å². The van der Waals surface area contributed by atoms with Gasteiger partial charge in [0, 0.05) is 19.1 Å². The molecule has 0 aromatic rings. The van der Waals surface area contributed by atoms with E-state index >= 15 is 0 Å². The fourth-order valence-electron chi connectivity index (χ4n) is 3.80. The molecule has 0 aromatic heterocycles. The molecule has 3 unspecified atom stereocenters. The largest absolute Gasteiger partial charge is 0.480 e. The zero-order chi connectivity index (χ0) is 13.3. The standard InChI is InChI=1S/C14H26N2O2/c1-10(2)13(14(17)18)16-8-6-12-11(9-16)5-4-7-15(12)3/h10-13H,4-9H2,1-3H3,(H,17,18). The van der Waals surface area contributed by atoms with E-state index in [1.54, 1.807) is 0 Å². The van der Waals surface area contributed by atoms with Gasteiger partial charge in [-0.2, -0.15) is 0 Å². The summed E-state index contributed by atoms with van der Waals surface area (Å²) in [4.78, 5) is 16.1. The number of carbonyl (C=O) groups is 1. The van der Waals surface area contributed by atoms with Crippen molar-refractivity contribution in [3.05, 3.63) is 0 Å². The van der Waals surface area contributed by atoms with Crippen LogP contribution in [0.1, 0.15) is 33.1 Å². The minimum atomic E-state index is -0.660. The number of likely N-dealkylation sites (tertiary alicyclic amines) is 2. The lowest BCUT2D eigenvalue weighted by Gasteiger charge is -2.47. The van der Waals surface area contributed by atoms with Gasteiger partial charge >= 0.3 is 5.97 Å². The second kappa shape index (κ2) is 5.57. The van der Waals surface area contributed by atoms with Gasteiger partial charge in [0.25, 0.3) is 0 Å². The molecule has 2 fully saturated rings. The first-order chi connectivity index (χ1) is 8.50. The maximum absolute atomic E-state index is 11.4. The van der Waals surface area contributed by atoms with E-state index in [9.17, 15) is 9.90 Å². The third-order valence-corrected chi connectivity index (χ3v) is 4.66. The first-order valence-corrected chi connectivity index (χ1v) is 7.17. The Morgan fingerprint density at radius 3 is 2.61 bits per heavy atom. The lowest BCUT2D eigenvalue weighted by atomic mass is 9.83. The van der Waals surface area contributed by atoms with Gasteiger partial charge in [0.1, 0.15) is 6.04 Å². The van der Waals surface area contributed by atoms with Gasteiger partial charge < -0.3 is 10.0 Å². The van der Waals surface area contributed by atoms with Crippen LogP contribution < -0.4 is 0 Å².